The van der Waals surface area contributed by atoms with Crippen molar-refractivity contribution >= 4 is 84.6 Å². The summed E-state index contributed by atoms with van der Waals surface area (Å²) in [5.74, 6) is 0. The van der Waals surface area contributed by atoms with E-state index in [0.29, 0.717) is 0 Å². The van der Waals surface area contributed by atoms with Crippen LogP contribution in [0.1, 0.15) is 76.3 Å². The standard InChI is InChI=1S/C38H38S2/c1-3-5-7-9-11-25-13-15-27-19-31-33-23-38-34(24-37(33)39-35(31)21-29(27)17-25)32-20-28-16-14-26(12-10-8-6-4-2)18-30(28)22-36(32)40-38/h13-24H,3-12H2,1-2H3. The van der Waals surface area contributed by atoms with E-state index in [1.54, 1.807) is 0 Å². The summed E-state index contributed by atoms with van der Waals surface area (Å²) >= 11 is 3.91. The molecular weight excluding hydrogens is 521 g/mol. The van der Waals surface area contributed by atoms with Crippen LogP contribution in [-0.2, 0) is 12.8 Å². The highest BCUT2D eigenvalue weighted by Gasteiger charge is 2.13. The molecule has 0 radical (unpaired) electrons. The maximum absolute atomic E-state index is 2.46. The minimum absolute atomic E-state index is 1.19. The largest absolute Gasteiger partial charge is 0.135 e. The number of unbranched alkanes of at least 4 members (excludes halogenated alkanes) is 6. The van der Waals surface area contributed by atoms with Crippen molar-refractivity contribution in [2.24, 2.45) is 0 Å². The summed E-state index contributed by atoms with van der Waals surface area (Å²) in [7, 11) is 0. The van der Waals surface area contributed by atoms with Crippen LogP contribution in [-0.4, -0.2) is 0 Å². The van der Waals surface area contributed by atoms with Gasteiger partial charge in [-0.15, -0.1) is 22.7 Å². The van der Waals surface area contributed by atoms with Crippen molar-refractivity contribution in [1.82, 2.24) is 0 Å². The topological polar surface area (TPSA) is 0 Å². The van der Waals surface area contributed by atoms with Gasteiger partial charge in [-0.25, -0.2) is 0 Å². The van der Waals surface area contributed by atoms with Crippen LogP contribution in [0.15, 0.2) is 72.8 Å². The fourth-order valence-corrected chi connectivity index (χ4v) is 8.77. The average molecular weight is 559 g/mol. The van der Waals surface area contributed by atoms with E-state index in [2.05, 4.69) is 86.6 Å². The highest BCUT2D eigenvalue weighted by Crippen LogP contribution is 2.43. The summed E-state index contributed by atoms with van der Waals surface area (Å²) in [6.45, 7) is 4.57. The molecule has 0 spiro atoms. The molecule has 0 N–H and O–H groups in total. The molecule has 2 aromatic heterocycles. The highest BCUT2D eigenvalue weighted by atomic mass is 32.1. The van der Waals surface area contributed by atoms with Gasteiger partial charge in [0.2, 0.25) is 0 Å². The van der Waals surface area contributed by atoms with Crippen molar-refractivity contribution in [2.75, 3.05) is 0 Å². The molecule has 0 saturated carbocycles. The second-order valence-corrected chi connectivity index (χ2v) is 13.9. The number of thiophene rings is 2. The lowest BCUT2D eigenvalue weighted by Gasteiger charge is -2.05. The van der Waals surface area contributed by atoms with Crippen LogP contribution in [0.25, 0.3) is 61.9 Å². The summed E-state index contributed by atoms with van der Waals surface area (Å²) in [4.78, 5) is 0. The van der Waals surface area contributed by atoms with Crippen LogP contribution in [0.2, 0.25) is 0 Å². The molecule has 5 aromatic carbocycles. The maximum atomic E-state index is 2.46. The second kappa shape index (κ2) is 11.1. The van der Waals surface area contributed by atoms with Gasteiger partial charge in [-0.05, 0) is 94.8 Å². The van der Waals surface area contributed by atoms with Crippen molar-refractivity contribution in [1.29, 1.82) is 0 Å². The van der Waals surface area contributed by atoms with Crippen molar-refractivity contribution < 1.29 is 0 Å². The van der Waals surface area contributed by atoms with Gasteiger partial charge in [0.15, 0.2) is 0 Å². The van der Waals surface area contributed by atoms with Gasteiger partial charge in [-0.1, -0.05) is 88.8 Å². The Morgan fingerprint density at radius 3 is 1.27 bits per heavy atom. The summed E-state index contributed by atoms with van der Waals surface area (Å²) in [5, 5.41) is 11.1. The Kier molecular flexibility index (Phi) is 7.24. The molecule has 2 heteroatoms. The molecule has 0 saturated heterocycles. The van der Waals surface area contributed by atoms with Gasteiger partial charge in [0.05, 0.1) is 0 Å². The maximum Gasteiger partial charge on any atom is 0.0362 e. The quantitative estimate of drug-likeness (QED) is 0.146. The lowest BCUT2D eigenvalue weighted by molar-refractivity contribution is 0.667. The van der Waals surface area contributed by atoms with E-state index in [4.69, 9.17) is 0 Å². The van der Waals surface area contributed by atoms with E-state index in [0.717, 1.165) is 0 Å². The molecule has 0 bridgehead atoms. The molecular formula is C38H38S2. The molecule has 0 atom stereocenters. The van der Waals surface area contributed by atoms with Gasteiger partial charge in [-0.3, -0.25) is 0 Å². The number of hydrogen-bond acceptors (Lipinski definition) is 2. The summed E-state index contributed by atoms with van der Waals surface area (Å²) in [5.41, 5.74) is 2.96. The van der Waals surface area contributed by atoms with Crippen LogP contribution in [0.4, 0.5) is 0 Å². The van der Waals surface area contributed by atoms with E-state index in [9.17, 15) is 0 Å². The van der Waals surface area contributed by atoms with E-state index >= 15 is 0 Å². The smallest absolute Gasteiger partial charge is 0.0362 e. The Balaban J connectivity index is 1.26. The molecule has 7 rings (SSSR count). The SMILES string of the molecule is CCCCCCc1ccc2cc3c(cc2c1)sc1cc2c(cc13)sc1cc3cc(CCCCCC)ccc3cc12. The Labute approximate surface area is 245 Å². The van der Waals surface area contributed by atoms with E-state index in [1.807, 2.05) is 22.7 Å². The van der Waals surface area contributed by atoms with Crippen LogP contribution in [0.5, 0.6) is 0 Å². The van der Waals surface area contributed by atoms with E-state index in [1.165, 1.54) is 137 Å². The van der Waals surface area contributed by atoms with Gasteiger partial charge in [-0.2, -0.15) is 0 Å². The molecule has 0 aliphatic rings. The summed E-state index contributed by atoms with van der Waals surface area (Å²) < 4.78 is 5.62. The lowest BCUT2D eigenvalue weighted by atomic mass is 10.00. The molecule has 0 fully saturated rings. The zero-order valence-corrected chi connectivity index (χ0v) is 25.4. The fourth-order valence-electron chi connectivity index (χ4n) is 6.45. The Bertz CT molecular complexity index is 1840. The zero-order valence-electron chi connectivity index (χ0n) is 23.8. The number of fused-ring (bicyclic) bond motifs is 8. The Morgan fingerprint density at radius 1 is 0.400 bits per heavy atom. The predicted octanol–water partition coefficient (Wildman–Crippen LogP) is 13.0. The van der Waals surface area contributed by atoms with E-state index < -0.39 is 0 Å². The van der Waals surface area contributed by atoms with Crippen molar-refractivity contribution in [3.8, 4) is 0 Å². The normalized spacial score (nSPS) is 12.2. The highest BCUT2D eigenvalue weighted by molar-refractivity contribution is 7.27. The second-order valence-electron chi connectivity index (χ2n) is 11.7. The van der Waals surface area contributed by atoms with Crippen molar-refractivity contribution in [2.45, 2.75) is 78.1 Å². The molecule has 0 nitrogen and oxygen atoms in total. The average Bonchev–Trinajstić information content (AvgIpc) is 3.49. The van der Waals surface area contributed by atoms with E-state index in [-0.39, 0.29) is 0 Å². The van der Waals surface area contributed by atoms with Crippen LogP contribution in [0.3, 0.4) is 0 Å². The first kappa shape index (κ1) is 26.0. The third-order valence-electron chi connectivity index (χ3n) is 8.75. The van der Waals surface area contributed by atoms with Crippen LogP contribution >= 0.6 is 22.7 Å². The molecule has 2 heterocycles. The fraction of sp³-hybridized carbons (Fsp3) is 0.316. The minimum Gasteiger partial charge on any atom is -0.135 e. The number of benzene rings is 5. The third kappa shape index (κ3) is 4.91. The summed E-state index contributed by atoms with van der Waals surface area (Å²) in [6.07, 6.45) is 12.9. The molecule has 7 aromatic rings. The molecule has 40 heavy (non-hydrogen) atoms. The molecule has 0 aliphatic carbocycles. The van der Waals surface area contributed by atoms with Gasteiger partial charge >= 0.3 is 0 Å². The minimum atomic E-state index is 1.19. The first-order valence-electron chi connectivity index (χ1n) is 15.4. The molecule has 0 aliphatic heterocycles. The Hall–Kier alpha value is -2.94. The lowest BCUT2D eigenvalue weighted by Crippen LogP contribution is -1.86. The van der Waals surface area contributed by atoms with Gasteiger partial charge < -0.3 is 0 Å². The molecule has 202 valence electrons. The Morgan fingerprint density at radius 2 is 0.825 bits per heavy atom. The van der Waals surface area contributed by atoms with Crippen molar-refractivity contribution in [3.05, 3.63) is 83.9 Å². The molecule has 0 unspecified atom stereocenters. The van der Waals surface area contributed by atoms with Crippen molar-refractivity contribution in [3.63, 3.8) is 0 Å². The van der Waals surface area contributed by atoms with Gasteiger partial charge in [0.25, 0.3) is 0 Å². The van der Waals surface area contributed by atoms with Gasteiger partial charge in [0, 0.05) is 40.3 Å². The molecule has 0 amide bonds. The van der Waals surface area contributed by atoms with Gasteiger partial charge in [0.1, 0.15) is 0 Å². The zero-order chi connectivity index (χ0) is 27.1. The number of aryl methyl sites for hydroxylation is 2. The van der Waals surface area contributed by atoms with Crippen LogP contribution in [0, 0.1) is 0 Å². The first-order valence-corrected chi connectivity index (χ1v) is 17.0. The number of rotatable bonds is 10. The third-order valence-corrected chi connectivity index (χ3v) is 11.0. The predicted molar refractivity (Wildman–Crippen MR) is 183 cm³/mol. The monoisotopic (exact) mass is 558 g/mol. The first-order chi connectivity index (χ1) is 19.7. The summed E-state index contributed by atoms with van der Waals surface area (Å²) in [6, 6.07) is 28.9. The van der Waals surface area contributed by atoms with Crippen LogP contribution < -0.4 is 0 Å². The number of hydrogen-bond donors (Lipinski definition) is 0.